The van der Waals surface area contributed by atoms with Crippen LogP contribution in [0.25, 0.3) is 0 Å². The Bertz CT molecular complexity index is 449. The Morgan fingerprint density at radius 1 is 1.44 bits per heavy atom. The number of rotatable bonds is 2. The second-order valence-corrected chi connectivity index (χ2v) is 5.57. The highest BCUT2D eigenvalue weighted by Crippen LogP contribution is 2.46. The maximum absolute atomic E-state index is 12.0. The minimum absolute atomic E-state index is 0.124. The van der Waals surface area contributed by atoms with Crippen molar-refractivity contribution in [2.45, 2.75) is 32.6 Å². The summed E-state index contributed by atoms with van der Waals surface area (Å²) in [6, 6.07) is 3.83. The smallest absolute Gasteiger partial charge is 0.165 e. The van der Waals surface area contributed by atoms with Gasteiger partial charge in [-0.1, -0.05) is 29.8 Å². The van der Waals surface area contributed by atoms with Gasteiger partial charge in [-0.2, -0.15) is 0 Å². The van der Waals surface area contributed by atoms with E-state index >= 15 is 0 Å². The van der Waals surface area contributed by atoms with Crippen LogP contribution < -0.4 is 4.74 Å². The quantitative estimate of drug-likeness (QED) is 0.827. The number of ether oxygens (including phenoxy) is 1. The summed E-state index contributed by atoms with van der Waals surface area (Å²) in [5.41, 5.74) is 1.73. The van der Waals surface area contributed by atoms with Crippen molar-refractivity contribution in [1.29, 1.82) is 0 Å². The van der Waals surface area contributed by atoms with Gasteiger partial charge in [0.05, 0.1) is 6.61 Å². The summed E-state index contributed by atoms with van der Waals surface area (Å²) in [5.74, 6) is 1.05. The van der Waals surface area contributed by atoms with Crippen molar-refractivity contribution < 1.29 is 9.53 Å². The number of Topliss-reactive ketones (excluding diaryl/α,β-unsaturated/α-hetero) is 1. The van der Waals surface area contributed by atoms with Crippen LogP contribution in [0.15, 0.2) is 16.6 Å². The molecule has 1 aliphatic carbocycles. The van der Waals surface area contributed by atoms with Crippen molar-refractivity contribution in [2.24, 2.45) is 0 Å². The van der Waals surface area contributed by atoms with Gasteiger partial charge in [0.25, 0.3) is 0 Å². The highest BCUT2D eigenvalue weighted by Gasteiger charge is 2.39. The molecule has 0 fully saturated rings. The van der Waals surface area contributed by atoms with Gasteiger partial charge in [0.15, 0.2) is 5.78 Å². The van der Waals surface area contributed by atoms with Gasteiger partial charge in [0, 0.05) is 27.4 Å². The van der Waals surface area contributed by atoms with Crippen LogP contribution in [-0.2, 0) is 5.41 Å². The molecule has 0 unspecified atom stereocenters. The fourth-order valence-electron chi connectivity index (χ4n) is 2.36. The molecule has 1 aromatic rings. The second-order valence-electron chi connectivity index (χ2n) is 4.71. The Hall–Kier alpha value is -0.830. The van der Waals surface area contributed by atoms with E-state index in [1.54, 1.807) is 0 Å². The third kappa shape index (κ3) is 1.67. The Morgan fingerprint density at radius 2 is 2.12 bits per heavy atom. The number of hydrogen-bond donors (Lipinski definition) is 0. The molecule has 0 radical (unpaired) electrons. The standard InChI is InChI=1S/C13H15BrO2/c1-4-16-10-6-5-8(14)11-9(15)7-13(2,3)12(10)11/h5-6H,4,7H2,1-3H3. The molecule has 0 saturated heterocycles. The molecular weight excluding hydrogens is 268 g/mol. The zero-order chi connectivity index (χ0) is 11.9. The van der Waals surface area contributed by atoms with Gasteiger partial charge >= 0.3 is 0 Å². The zero-order valence-corrected chi connectivity index (χ0v) is 11.3. The van der Waals surface area contributed by atoms with Gasteiger partial charge in [0.1, 0.15) is 5.75 Å². The number of carbonyl (C=O) groups is 1. The molecule has 0 atom stereocenters. The van der Waals surface area contributed by atoms with E-state index in [9.17, 15) is 4.79 Å². The minimum Gasteiger partial charge on any atom is -0.494 e. The van der Waals surface area contributed by atoms with Gasteiger partial charge in [0.2, 0.25) is 0 Å². The molecule has 0 spiro atoms. The van der Waals surface area contributed by atoms with Crippen molar-refractivity contribution in [3.63, 3.8) is 0 Å². The van der Waals surface area contributed by atoms with Crippen molar-refractivity contribution in [1.82, 2.24) is 0 Å². The Kier molecular flexibility index (Phi) is 2.82. The van der Waals surface area contributed by atoms with Crippen LogP contribution in [0, 0.1) is 0 Å². The first-order chi connectivity index (χ1) is 7.47. The highest BCUT2D eigenvalue weighted by molar-refractivity contribution is 9.10. The van der Waals surface area contributed by atoms with Crippen molar-refractivity contribution in [3.8, 4) is 5.75 Å². The summed E-state index contributed by atoms with van der Waals surface area (Å²) in [4.78, 5) is 12.0. The number of hydrogen-bond acceptors (Lipinski definition) is 2. The van der Waals surface area contributed by atoms with Gasteiger partial charge in [-0.15, -0.1) is 0 Å². The van der Waals surface area contributed by atoms with E-state index in [0.29, 0.717) is 13.0 Å². The monoisotopic (exact) mass is 282 g/mol. The average Bonchev–Trinajstić information content (AvgIpc) is 2.43. The predicted molar refractivity (Wildman–Crippen MR) is 67.3 cm³/mol. The summed E-state index contributed by atoms with van der Waals surface area (Å²) in [5, 5.41) is 0. The Balaban J connectivity index is 2.67. The van der Waals surface area contributed by atoms with E-state index in [0.717, 1.165) is 21.3 Å². The first-order valence-corrected chi connectivity index (χ1v) is 6.25. The molecule has 2 rings (SSSR count). The van der Waals surface area contributed by atoms with Crippen LogP contribution in [-0.4, -0.2) is 12.4 Å². The van der Waals surface area contributed by atoms with Gasteiger partial charge in [-0.05, 0) is 19.1 Å². The first kappa shape index (κ1) is 11.6. The lowest BCUT2D eigenvalue weighted by atomic mass is 9.86. The van der Waals surface area contributed by atoms with Crippen LogP contribution in [0.4, 0.5) is 0 Å². The number of benzene rings is 1. The lowest BCUT2D eigenvalue weighted by Crippen LogP contribution is -2.14. The van der Waals surface area contributed by atoms with E-state index < -0.39 is 0 Å². The number of ketones is 1. The fraction of sp³-hybridized carbons (Fsp3) is 0.462. The third-order valence-corrected chi connectivity index (χ3v) is 3.64. The molecule has 1 aromatic carbocycles. The summed E-state index contributed by atoms with van der Waals surface area (Å²) in [6.07, 6.45) is 0.561. The molecule has 86 valence electrons. The maximum Gasteiger partial charge on any atom is 0.165 e. The molecule has 2 nitrogen and oxygen atoms in total. The molecule has 0 bridgehead atoms. The first-order valence-electron chi connectivity index (χ1n) is 5.46. The third-order valence-electron chi connectivity index (χ3n) is 2.97. The molecule has 0 saturated carbocycles. The normalized spacial score (nSPS) is 17.4. The lowest BCUT2D eigenvalue weighted by Gasteiger charge is -2.21. The Morgan fingerprint density at radius 3 is 2.75 bits per heavy atom. The van der Waals surface area contributed by atoms with Gasteiger partial charge in [-0.3, -0.25) is 4.79 Å². The number of carbonyl (C=O) groups excluding carboxylic acids is 1. The zero-order valence-electron chi connectivity index (χ0n) is 9.76. The molecule has 0 N–H and O–H groups in total. The largest absolute Gasteiger partial charge is 0.494 e. The van der Waals surface area contributed by atoms with E-state index in [1.165, 1.54) is 0 Å². The lowest BCUT2D eigenvalue weighted by molar-refractivity contribution is 0.0979. The average molecular weight is 283 g/mol. The van der Waals surface area contributed by atoms with Crippen molar-refractivity contribution in [3.05, 3.63) is 27.7 Å². The van der Waals surface area contributed by atoms with Crippen molar-refractivity contribution in [2.75, 3.05) is 6.61 Å². The summed E-state index contributed by atoms with van der Waals surface area (Å²) in [6.45, 7) is 6.76. The summed E-state index contributed by atoms with van der Waals surface area (Å²) >= 11 is 3.45. The van der Waals surface area contributed by atoms with Crippen LogP contribution >= 0.6 is 15.9 Å². The molecule has 3 heteroatoms. The fourth-order valence-corrected chi connectivity index (χ4v) is 2.91. The van der Waals surface area contributed by atoms with Gasteiger partial charge in [-0.25, -0.2) is 0 Å². The van der Waals surface area contributed by atoms with E-state index in [2.05, 4.69) is 29.8 Å². The van der Waals surface area contributed by atoms with E-state index in [-0.39, 0.29) is 11.2 Å². The summed E-state index contributed by atoms with van der Waals surface area (Å²) in [7, 11) is 0. The van der Waals surface area contributed by atoms with Crippen LogP contribution in [0.3, 0.4) is 0 Å². The SMILES string of the molecule is CCOc1ccc(Br)c2c1C(C)(C)CC2=O. The van der Waals surface area contributed by atoms with E-state index in [1.807, 2.05) is 19.1 Å². The van der Waals surface area contributed by atoms with Crippen LogP contribution in [0.5, 0.6) is 5.75 Å². The molecule has 0 aliphatic heterocycles. The Labute approximate surface area is 104 Å². The topological polar surface area (TPSA) is 26.3 Å². The van der Waals surface area contributed by atoms with Gasteiger partial charge < -0.3 is 4.74 Å². The highest BCUT2D eigenvalue weighted by atomic mass is 79.9. The van der Waals surface area contributed by atoms with Crippen molar-refractivity contribution >= 4 is 21.7 Å². The predicted octanol–water partition coefficient (Wildman–Crippen LogP) is 3.71. The van der Waals surface area contributed by atoms with Crippen LogP contribution in [0.2, 0.25) is 0 Å². The minimum atomic E-state index is -0.124. The van der Waals surface area contributed by atoms with E-state index in [4.69, 9.17) is 4.74 Å². The molecule has 0 heterocycles. The van der Waals surface area contributed by atoms with Crippen LogP contribution in [0.1, 0.15) is 43.1 Å². The molecule has 0 aromatic heterocycles. The molecule has 0 amide bonds. The summed E-state index contributed by atoms with van der Waals surface area (Å²) < 4.78 is 6.49. The number of halogens is 1. The molecule has 16 heavy (non-hydrogen) atoms. The second kappa shape index (κ2) is 3.88. The number of fused-ring (bicyclic) bond motifs is 1. The molecule has 1 aliphatic rings. The maximum atomic E-state index is 12.0. The molecular formula is C13H15BrO2.